The van der Waals surface area contributed by atoms with Crippen molar-refractivity contribution in [2.75, 3.05) is 0 Å². The zero-order valence-electron chi connectivity index (χ0n) is 12.3. The van der Waals surface area contributed by atoms with Gasteiger partial charge in [0.15, 0.2) is 5.82 Å². The van der Waals surface area contributed by atoms with Gasteiger partial charge in [0.2, 0.25) is 5.89 Å². The van der Waals surface area contributed by atoms with Crippen LogP contribution in [0.4, 0.5) is 0 Å². The predicted octanol–water partition coefficient (Wildman–Crippen LogP) is 3.31. The molecule has 0 saturated heterocycles. The Morgan fingerprint density at radius 1 is 1.37 bits per heavy atom. The third-order valence-corrected chi connectivity index (χ3v) is 4.12. The lowest BCUT2D eigenvalue weighted by molar-refractivity contribution is 0.138. The van der Waals surface area contributed by atoms with Crippen LogP contribution in [0.1, 0.15) is 70.5 Å². The number of hydrogen-bond acceptors (Lipinski definition) is 4. The summed E-state index contributed by atoms with van der Waals surface area (Å²) in [5, 5.41) is 14.0. The molecule has 1 aromatic heterocycles. The van der Waals surface area contributed by atoms with E-state index in [1.165, 1.54) is 25.7 Å². The van der Waals surface area contributed by atoms with Crippen LogP contribution in [0, 0.1) is 11.8 Å². The quantitative estimate of drug-likeness (QED) is 0.858. The molecular weight excluding hydrogens is 240 g/mol. The molecule has 0 aliphatic heterocycles. The topological polar surface area (TPSA) is 59.2 Å². The fourth-order valence-corrected chi connectivity index (χ4v) is 3.03. The van der Waals surface area contributed by atoms with Crippen LogP contribution in [0.2, 0.25) is 0 Å². The first-order valence-corrected chi connectivity index (χ1v) is 7.59. The molecule has 1 aliphatic rings. The number of aliphatic hydroxyl groups is 1. The van der Waals surface area contributed by atoms with E-state index in [1.807, 2.05) is 0 Å². The Hall–Kier alpha value is -0.900. The van der Waals surface area contributed by atoms with Crippen LogP contribution in [-0.4, -0.2) is 21.4 Å². The van der Waals surface area contributed by atoms with Crippen molar-refractivity contribution in [2.45, 2.75) is 71.3 Å². The maximum absolute atomic E-state index is 9.90. The Morgan fingerprint density at radius 2 is 2.16 bits per heavy atom. The first-order chi connectivity index (χ1) is 9.08. The van der Waals surface area contributed by atoms with E-state index in [9.17, 15) is 5.11 Å². The van der Waals surface area contributed by atoms with Crippen molar-refractivity contribution in [3.05, 3.63) is 11.7 Å². The zero-order valence-corrected chi connectivity index (χ0v) is 12.3. The molecule has 1 aliphatic carbocycles. The summed E-state index contributed by atoms with van der Waals surface area (Å²) >= 11 is 0. The molecule has 1 saturated carbocycles. The zero-order chi connectivity index (χ0) is 13.8. The molecule has 19 heavy (non-hydrogen) atoms. The molecule has 0 amide bonds. The molecule has 0 bridgehead atoms. The van der Waals surface area contributed by atoms with Crippen LogP contribution in [0.3, 0.4) is 0 Å². The van der Waals surface area contributed by atoms with Gasteiger partial charge in [0.05, 0.1) is 12.5 Å². The number of nitrogens with zero attached hydrogens (tertiary/aromatic N) is 2. The molecule has 0 aromatic carbocycles. The fourth-order valence-electron chi connectivity index (χ4n) is 3.03. The maximum atomic E-state index is 9.90. The van der Waals surface area contributed by atoms with Crippen molar-refractivity contribution < 1.29 is 9.63 Å². The molecule has 0 radical (unpaired) electrons. The van der Waals surface area contributed by atoms with Crippen molar-refractivity contribution in [2.24, 2.45) is 11.8 Å². The van der Waals surface area contributed by atoms with E-state index in [0.29, 0.717) is 24.1 Å². The summed E-state index contributed by atoms with van der Waals surface area (Å²) in [5.41, 5.74) is 0. The Morgan fingerprint density at radius 3 is 2.79 bits per heavy atom. The van der Waals surface area contributed by atoms with Gasteiger partial charge in [-0.3, -0.25) is 0 Å². The first-order valence-electron chi connectivity index (χ1n) is 7.59. The first kappa shape index (κ1) is 14.5. The van der Waals surface area contributed by atoms with Crippen molar-refractivity contribution >= 4 is 0 Å². The highest BCUT2D eigenvalue weighted by Gasteiger charge is 2.28. The third kappa shape index (κ3) is 4.03. The third-order valence-electron chi connectivity index (χ3n) is 4.12. The van der Waals surface area contributed by atoms with E-state index in [1.54, 1.807) is 0 Å². The molecular formula is C15H26N2O2. The number of aliphatic hydroxyl groups excluding tert-OH is 1. The standard InChI is InChI=1S/C15H26N2O2/c1-4-11-5-6-12(8-11)15-16-14(19-17-15)9-13(18)7-10(2)3/h10-13,18H,4-9H2,1-3H3. The van der Waals surface area contributed by atoms with Gasteiger partial charge >= 0.3 is 0 Å². The summed E-state index contributed by atoms with van der Waals surface area (Å²) in [6.45, 7) is 6.45. The minimum atomic E-state index is -0.375. The minimum absolute atomic E-state index is 0.375. The summed E-state index contributed by atoms with van der Waals surface area (Å²) in [5.74, 6) is 3.20. The number of rotatable bonds is 6. The lowest BCUT2D eigenvalue weighted by Gasteiger charge is -2.09. The molecule has 2 rings (SSSR count). The van der Waals surface area contributed by atoms with E-state index < -0.39 is 0 Å². The summed E-state index contributed by atoms with van der Waals surface area (Å²) in [6, 6.07) is 0. The molecule has 4 nitrogen and oxygen atoms in total. The van der Waals surface area contributed by atoms with Crippen LogP contribution >= 0.6 is 0 Å². The average molecular weight is 266 g/mol. The molecule has 1 fully saturated rings. The number of aromatic nitrogens is 2. The van der Waals surface area contributed by atoms with Gasteiger partial charge in [0, 0.05) is 5.92 Å². The van der Waals surface area contributed by atoms with E-state index >= 15 is 0 Å². The highest BCUT2D eigenvalue weighted by atomic mass is 16.5. The second kappa shape index (κ2) is 6.51. The summed E-state index contributed by atoms with van der Waals surface area (Å²) in [7, 11) is 0. The molecule has 1 heterocycles. The van der Waals surface area contributed by atoms with E-state index in [-0.39, 0.29) is 6.10 Å². The Labute approximate surface area is 115 Å². The molecule has 0 spiro atoms. The van der Waals surface area contributed by atoms with Crippen molar-refractivity contribution in [1.82, 2.24) is 10.1 Å². The van der Waals surface area contributed by atoms with Gasteiger partial charge in [-0.05, 0) is 37.5 Å². The molecule has 3 unspecified atom stereocenters. The van der Waals surface area contributed by atoms with Gasteiger partial charge in [-0.15, -0.1) is 0 Å². The monoisotopic (exact) mass is 266 g/mol. The largest absolute Gasteiger partial charge is 0.393 e. The van der Waals surface area contributed by atoms with Crippen molar-refractivity contribution in [3.8, 4) is 0 Å². The summed E-state index contributed by atoms with van der Waals surface area (Å²) in [4.78, 5) is 4.47. The smallest absolute Gasteiger partial charge is 0.229 e. The fraction of sp³-hybridized carbons (Fsp3) is 0.867. The van der Waals surface area contributed by atoms with Gasteiger partial charge in [0.25, 0.3) is 0 Å². The highest BCUT2D eigenvalue weighted by Crippen LogP contribution is 2.38. The second-order valence-corrected chi connectivity index (χ2v) is 6.32. The van der Waals surface area contributed by atoms with Gasteiger partial charge in [-0.1, -0.05) is 32.3 Å². The Balaban J connectivity index is 1.88. The highest BCUT2D eigenvalue weighted by molar-refractivity contribution is 5.00. The Kier molecular flexibility index (Phi) is 4.97. The normalized spacial score (nSPS) is 25.1. The van der Waals surface area contributed by atoms with E-state index in [4.69, 9.17) is 4.52 Å². The summed E-state index contributed by atoms with van der Waals surface area (Å²) in [6.07, 6.45) is 5.76. The van der Waals surface area contributed by atoms with Crippen molar-refractivity contribution in [1.29, 1.82) is 0 Å². The molecule has 108 valence electrons. The van der Waals surface area contributed by atoms with E-state index in [2.05, 4.69) is 30.9 Å². The lowest BCUT2D eigenvalue weighted by Crippen LogP contribution is -2.13. The van der Waals surface area contributed by atoms with Gasteiger partial charge in [-0.25, -0.2) is 0 Å². The molecule has 4 heteroatoms. The minimum Gasteiger partial charge on any atom is -0.393 e. The molecule has 3 atom stereocenters. The molecule has 1 aromatic rings. The maximum Gasteiger partial charge on any atom is 0.229 e. The van der Waals surface area contributed by atoms with Crippen LogP contribution in [0.15, 0.2) is 4.52 Å². The average Bonchev–Trinajstić information content (AvgIpc) is 2.95. The van der Waals surface area contributed by atoms with Gasteiger partial charge in [-0.2, -0.15) is 4.98 Å². The van der Waals surface area contributed by atoms with Crippen LogP contribution < -0.4 is 0 Å². The van der Waals surface area contributed by atoms with Crippen molar-refractivity contribution in [3.63, 3.8) is 0 Å². The SMILES string of the molecule is CCC1CCC(c2noc(CC(O)CC(C)C)n2)C1. The van der Waals surface area contributed by atoms with Crippen LogP contribution in [0.5, 0.6) is 0 Å². The van der Waals surface area contributed by atoms with Gasteiger partial charge < -0.3 is 9.63 Å². The molecule has 1 N–H and O–H groups in total. The lowest BCUT2D eigenvalue weighted by atomic mass is 10.0. The predicted molar refractivity (Wildman–Crippen MR) is 73.8 cm³/mol. The number of hydrogen-bond donors (Lipinski definition) is 1. The van der Waals surface area contributed by atoms with Crippen LogP contribution in [0.25, 0.3) is 0 Å². The second-order valence-electron chi connectivity index (χ2n) is 6.32. The summed E-state index contributed by atoms with van der Waals surface area (Å²) < 4.78 is 5.28. The van der Waals surface area contributed by atoms with Crippen LogP contribution in [-0.2, 0) is 6.42 Å². The Bertz CT molecular complexity index is 389. The van der Waals surface area contributed by atoms with Gasteiger partial charge in [0.1, 0.15) is 0 Å². The van der Waals surface area contributed by atoms with E-state index in [0.717, 1.165) is 18.2 Å².